The predicted octanol–water partition coefficient (Wildman–Crippen LogP) is 4.47. The van der Waals surface area contributed by atoms with Crippen LogP contribution in [-0.2, 0) is 12.3 Å². The zero-order valence-corrected chi connectivity index (χ0v) is 16.5. The third-order valence-electron chi connectivity index (χ3n) is 4.20. The molecule has 8 heteroatoms. The highest BCUT2D eigenvalue weighted by molar-refractivity contribution is 7.98. The second-order valence-electron chi connectivity index (χ2n) is 6.03. The van der Waals surface area contributed by atoms with Crippen LogP contribution < -0.4 is 9.47 Å². The Morgan fingerprint density at radius 2 is 1.96 bits per heavy atom. The minimum Gasteiger partial charge on any atom is -0.489 e. The third kappa shape index (κ3) is 3.89. The van der Waals surface area contributed by atoms with Gasteiger partial charge in [0.05, 0.1) is 18.2 Å². The number of nitrogens with zero attached hydrogens (tertiary/aromatic N) is 4. The topological polar surface area (TPSA) is 62.1 Å². The molecule has 0 unspecified atom stereocenters. The van der Waals surface area contributed by atoms with Gasteiger partial charge in [0.1, 0.15) is 0 Å². The summed E-state index contributed by atoms with van der Waals surface area (Å²) in [6, 6.07) is 7.80. The van der Waals surface area contributed by atoms with Crippen LogP contribution in [0.5, 0.6) is 11.5 Å². The van der Waals surface area contributed by atoms with Crippen LogP contribution in [0.25, 0.3) is 11.4 Å². The third-order valence-corrected chi connectivity index (χ3v) is 5.52. The molecule has 0 radical (unpaired) electrons. The van der Waals surface area contributed by atoms with Crippen molar-refractivity contribution in [3.8, 4) is 22.9 Å². The lowest BCUT2D eigenvalue weighted by molar-refractivity contribution is 0.297. The summed E-state index contributed by atoms with van der Waals surface area (Å²) in [6.07, 6.45) is 4.37. The minimum atomic E-state index is 0.583. The first kappa shape index (κ1) is 18.1. The van der Waals surface area contributed by atoms with Crippen LogP contribution in [0.2, 0.25) is 5.02 Å². The van der Waals surface area contributed by atoms with Gasteiger partial charge in [0, 0.05) is 36.7 Å². The van der Waals surface area contributed by atoms with Gasteiger partial charge in [-0.1, -0.05) is 23.4 Å². The summed E-state index contributed by atoms with van der Waals surface area (Å²) in [5.74, 6) is 2.91. The van der Waals surface area contributed by atoms with Crippen molar-refractivity contribution in [2.75, 3.05) is 13.2 Å². The van der Waals surface area contributed by atoms with E-state index in [9.17, 15) is 0 Å². The highest BCUT2D eigenvalue weighted by atomic mass is 35.5. The lowest BCUT2D eigenvalue weighted by atomic mass is 10.2. The van der Waals surface area contributed by atoms with Gasteiger partial charge in [0.15, 0.2) is 22.5 Å². The first-order valence-corrected chi connectivity index (χ1v) is 10.2. The van der Waals surface area contributed by atoms with Gasteiger partial charge in [-0.25, -0.2) is 0 Å². The number of aromatic nitrogens is 4. The second kappa shape index (κ2) is 8.19. The molecule has 0 spiro atoms. The molecule has 6 nitrogen and oxygen atoms in total. The normalized spacial score (nSPS) is 13.4. The molecule has 0 saturated carbocycles. The number of rotatable bonds is 5. The Hall–Kier alpha value is -2.25. The maximum atomic E-state index is 6.39. The zero-order chi connectivity index (χ0) is 18.6. The average Bonchev–Trinajstić information content (AvgIpc) is 2.95. The van der Waals surface area contributed by atoms with Gasteiger partial charge in [-0.05, 0) is 36.8 Å². The van der Waals surface area contributed by atoms with Gasteiger partial charge in [-0.15, -0.1) is 10.2 Å². The van der Waals surface area contributed by atoms with Crippen molar-refractivity contribution in [3.05, 3.63) is 47.2 Å². The smallest absolute Gasteiger partial charge is 0.191 e. The number of ether oxygens (including phenoxy) is 2. The van der Waals surface area contributed by atoms with E-state index >= 15 is 0 Å². The van der Waals surface area contributed by atoms with E-state index in [2.05, 4.69) is 26.7 Å². The summed E-state index contributed by atoms with van der Waals surface area (Å²) >= 11 is 8.01. The van der Waals surface area contributed by atoms with Crippen LogP contribution in [0.4, 0.5) is 0 Å². The number of hydrogen-bond acceptors (Lipinski definition) is 6. The van der Waals surface area contributed by atoms with Gasteiger partial charge < -0.3 is 14.0 Å². The van der Waals surface area contributed by atoms with E-state index in [4.69, 9.17) is 21.1 Å². The molecule has 27 heavy (non-hydrogen) atoms. The Bertz CT molecular complexity index is 933. The van der Waals surface area contributed by atoms with E-state index < -0.39 is 0 Å². The summed E-state index contributed by atoms with van der Waals surface area (Å²) in [6.45, 7) is 4.13. The van der Waals surface area contributed by atoms with Crippen molar-refractivity contribution < 1.29 is 9.47 Å². The van der Waals surface area contributed by atoms with Crippen molar-refractivity contribution in [3.63, 3.8) is 0 Å². The molecule has 140 valence electrons. The average molecular weight is 403 g/mol. The maximum Gasteiger partial charge on any atom is 0.191 e. The van der Waals surface area contributed by atoms with Crippen LogP contribution >= 0.6 is 23.4 Å². The molecular weight excluding hydrogens is 384 g/mol. The monoisotopic (exact) mass is 402 g/mol. The molecule has 0 bridgehead atoms. The highest BCUT2D eigenvalue weighted by Gasteiger charge is 2.17. The molecule has 3 heterocycles. The number of thioether (sulfide) groups is 1. The molecule has 0 atom stereocenters. The van der Waals surface area contributed by atoms with Gasteiger partial charge in [0.2, 0.25) is 0 Å². The molecule has 2 aromatic heterocycles. The van der Waals surface area contributed by atoms with Crippen LogP contribution in [-0.4, -0.2) is 33.0 Å². The molecule has 0 aliphatic carbocycles. The fraction of sp³-hybridized carbons (Fsp3) is 0.316. The highest BCUT2D eigenvalue weighted by Crippen LogP contribution is 2.39. The number of benzene rings is 1. The summed E-state index contributed by atoms with van der Waals surface area (Å²) < 4.78 is 13.6. The van der Waals surface area contributed by atoms with Crippen LogP contribution in [0.1, 0.15) is 18.9 Å². The van der Waals surface area contributed by atoms with Crippen molar-refractivity contribution in [2.24, 2.45) is 0 Å². The molecule has 0 N–H and O–H groups in total. The number of halogens is 1. The molecule has 0 fully saturated rings. The lowest BCUT2D eigenvalue weighted by Crippen LogP contribution is -2.00. The molecule has 3 aromatic rings. The van der Waals surface area contributed by atoms with Crippen molar-refractivity contribution in [1.29, 1.82) is 0 Å². The van der Waals surface area contributed by atoms with Crippen LogP contribution in [0.3, 0.4) is 0 Å². The van der Waals surface area contributed by atoms with E-state index in [-0.39, 0.29) is 0 Å². The van der Waals surface area contributed by atoms with Gasteiger partial charge >= 0.3 is 0 Å². The first-order valence-electron chi connectivity index (χ1n) is 8.80. The molecule has 1 aliphatic rings. The molecule has 0 saturated heterocycles. The van der Waals surface area contributed by atoms with Gasteiger partial charge in [-0.3, -0.25) is 4.98 Å². The summed E-state index contributed by atoms with van der Waals surface area (Å²) in [4.78, 5) is 4.06. The molecule has 4 rings (SSSR count). The molecule has 1 aliphatic heterocycles. The number of pyridine rings is 1. The van der Waals surface area contributed by atoms with Crippen molar-refractivity contribution in [2.45, 2.75) is 30.8 Å². The Morgan fingerprint density at radius 3 is 2.78 bits per heavy atom. The Kier molecular flexibility index (Phi) is 5.50. The summed E-state index contributed by atoms with van der Waals surface area (Å²) in [5.41, 5.74) is 2.06. The van der Waals surface area contributed by atoms with E-state index in [0.717, 1.165) is 35.1 Å². The maximum absolute atomic E-state index is 6.39. The Morgan fingerprint density at radius 1 is 1.15 bits per heavy atom. The summed E-state index contributed by atoms with van der Waals surface area (Å²) in [5, 5.41) is 10.2. The minimum absolute atomic E-state index is 0.583. The lowest BCUT2D eigenvalue weighted by Gasteiger charge is -2.12. The van der Waals surface area contributed by atoms with E-state index in [1.807, 2.05) is 24.3 Å². The van der Waals surface area contributed by atoms with Gasteiger partial charge in [-0.2, -0.15) is 0 Å². The zero-order valence-electron chi connectivity index (χ0n) is 14.9. The van der Waals surface area contributed by atoms with Crippen molar-refractivity contribution in [1.82, 2.24) is 19.7 Å². The van der Waals surface area contributed by atoms with Crippen molar-refractivity contribution >= 4 is 23.4 Å². The summed E-state index contributed by atoms with van der Waals surface area (Å²) in [7, 11) is 0. The van der Waals surface area contributed by atoms with Crippen LogP contribution in [0.15, 0.2) is 41.8 Å². The van der Waals surface area contributed by atoms with Gasteiger partial charge in [0.25, 0.3) is 0 Å². The molecule has 1 aromatic carbocycles. The fourth-order valence-electron chi connectivity index (χ4n) is 2.91. The quantitative estimate of drug-likeness (QED) is 0.587. The predicted molar refractivity (Wildman–Crippen MR) is 106 cm³/mol. The fourth-order valence-corrected chi connectivity index (χ4v) is 4.13. The van der Waals surface area contributed by atoms with E-state index in [1.54, 1.807) is 24.2 Å². The molecule has 0 amide bonds. The standard InChI is InChI=1S/C19H19ClN4O2S/c1-2-24-18(14-4-6-21-7-5-14)22-23-19(24)27-12-13-10-15(20)17-16(11-13)25-8-3-9-26-17/h4-7,10-11H,2-3,8-9,12H2,1H3. The molecular formula is C19H19ClN4O2S. The Balaban J connectivity index is 1.55. The largest absolute Gasteiger partial charge is 0.489 e. The number of hydrogen-bond donors (Lipinski definition) is 0. The SMILES string of the molecule is CCn1c(SCc2cc(Cl)c3c(c2)OCCCO3)nnc1-c1ccncc1. The van der Waals surface area contributed by atoms with E-state index in [1.165, 1.54) is 0 Å². The Labute approximate surface area is 166 Å². The second-order valence-corrected chi connectivity index (χ2v) is 7.38. The number of fused-ring (bicyclic) bond motifs is 1. The first-order chi connectivity index (χ1) is 13.3. The van der Waals surface area contributed by atoms with E-state index in [0.29, 0.717) is 35.5 Å². The van der Waals surface area contributed by atoms with Crippen LogP contribution in [0, 0.1) is 0 Å².